The van der Waals surface area contributed by atoms with Gasteiger partial charge in [0.25, 0.3) is 0 Å². The van der Waals surface area contributed by atoms with E-state index < -0.39 is 0 Å². The van der Waals surface area contributed by atoms with Gasteiger partial charge in [0, 0.05) is 12.6 Å². The van der Waals surface area contributed by atoms with Gasteiger partial charge in [-0.05, 0) is 67.7 Å². The van der Waals surface area contributed by atoms with Crippen molar-refractivity contribution >= 4 is 0 Å². The van der Waals surface area contributed by atoms with Crippen LogP contribution in [0.2, 0.25) is 0 Å². The van der Waals surface area contributed by atoms with Gasteiger partial charge in [-0.25, -0.2) is 0 Å². The lowest BCUT2D eigenvalue weighted by molar-refractivity contribution is 0.0307. The monoisotopic (exact) mass is 350 g/mol. The third-order valence-corrected chi connectivity index (χ3v) is 7.51. The maximum atomic E-state index is 6.82. The Labute approximate surface area is 158 Å². The number of nitrogens with two attached hydrogens (primary N) is 1. The fourth-order valence-corrected chi connectivity index (χ4v) is 5.96. The molecule has 0 amide bonds. The Kier molecular flexibility index (Phi) is 8.27. The minimum absolute atomic E-state index is 0.357. The first kappa shape index (κ1) is 21.2. The molecule has 0 aromatic rings. The average Bonchev–Trinajstić information content (AvgIpc) is 2.55. The Hall–Kier alpha value is -0.0800. The van der Waals surface area contributed by atoms with E-state index in [9.17, 15) is 0 Å². The molecule has 25 heavy (non-hydrogen) atoms. The normalized spacial score (nSPS) is 36.6. The quantitative estimate of drug-likeness (QED) is 0.561. The lowest BCUT2D eigenvalue weighted by Gasteiger charge is -2.50. The molecule has 0 spiro atoms. The van der Waals surface area contributed by atoms with Crippen LogP contribution in [0.4, 0.5) is 0 Å². The van der Waals surface area contributed by atoms with Crippen LogP contribution in [0.3, 0.4) is 0 Å². The maximum Gasteiger partial charge on any atom is 0.0225 e. The number of unbranched alkanes of at least 4 members (excludes halogenated alkanes) is 4. The summed E-state index contributed by atoms with van der Waals surface area (Å²) >= 11 is 0. The second-order valence-electron chi connectivity index (χ2n) is 10.2. The molecular formula is C23H46N2. The van der Waals surface area contributed by atoms with Crippen LogP contribution >= 0.6 is 0 Å². The summed E-state index contributed by atoms with van der Waals surface area (Å²) in [5.41, 5.74) is 7.73. The topological polar surface area (TPSA) is 38.0 Å². The molecule has 0 bridgehead atoms. The molecule has 0 radical (unpaired) electrons. The average molecular weight is 351 g/mol. The van der Waals surface area contributed by atoms with E-state index in [0.29, 0.717) is 16.9 Å². The van der Waals surface area contributed by atoms with Gasteiger partial charge in [-0.2, -0.15) is 0 Å². The molecule has 2 fully saturated rings. The molecule has 0 aromatic heterocycles. The highest BCUT2D eigenvalue weighted by Gasteiger charge is 2.45. The van der Waals surface area contributed by atoms with Gasteiger partial charge in [-0.1, -0.05) is 66.2 Å². The van der Waals surface area contributed by atoms with Crippen LogP contribution in [0.5, 0.6) is 0 Å². The molecule has 3 N–H and O–H groups in total. The highest BCUT2D eigenvalue weighted by molar-refractivity contribution is 4.99. The van der Waals surface area contributed by atoms with Crippen LogP contribution in [0, 0.1) is 22.7 Å². The second-order valence-corrected chi connectivity index (χ2v) is 10.2. The van der Waals surface area contributed by atoms with E-state index in [1.54, 1.807) is 0 Å². The van der Waals surface area contributed by atoms with Gasteiger partial charge < -0.3 is 11.1 Å². The molecule has 1 saturated carbocycles. The van der Waals surface area contributed by atoms with Crippen molar-refractivity contribution < 1.29 is 0 Å². The van der Waals surface area contributed by atoms with Crippen LogP contribution < -0.4 is 11.1 Å². The molecule has 0 aromatic carbocycles. The predicted molar refractivity (Wildman–Crippen MR) is 111 cm³/mol. The first-order valence-electron chi connectivity index (χ1n) is 11.4. The third kappa shape index (κ3) is 5.96. The molecule has 4 unspecified atom stereocenters. The van der Waals surface area contributed by atoms with Gasteiger partial charge in [-0.3, -0.25) is 0 Å². The third-order valence-electron chi connectivity index (χ3n) is 7.51. The molecule has 1 aliphatic heterocycles. The molecule has 1 saturated heterocycles. The molecule has 1 heterocycles. The van der Waals surface area contributed by atoms with Crippen molar-refractivity contribution in [1.82, 2.24) is 5.32 Å². The highest BCUT2D eigenvalue weighted by Crippen LogP contribution is 2.49. The number of rotatable bonds is 7. The van der Waals surface area contributed by atoms with Crippen LogP contribution in [0.1, 0.15) is 105 Å². The summed E-state index contributed by atoms with van der Waals surface area (Å²) in [6.07, 6.45) is 16.6. The summed E-state index contributed by atoms with van der Waals surface area (Å²) in [5.74, 6) is 1.72. The molecule has 2 rings (SSSR count). The van der Waals surface area contributed by atoms with Crippen LogP contribution in [-0.2, 0) is 0 Å². The van der Waals surface area contributed by atoms with Crippen molar-refractivity contribution in [3.8, 4) is 0 Å². The van der Waals surface area contributed by atoms with Crippen molar-refractivity contribution in [3.63, 3.8) is 0 Å². The van der Waals surface area contributed by atoms with Gasteiger partial charge in [0.1, 0.15) is 0 Å². The second kappa shape index (κ2) is 9.74. The maximum absolute atomic E-state index is 6.82. The van der Waals surface area contributed by atoms with E-state index in [-0.39, 0.29) is 0 Å². The molecule has 2 heteroatoms. The fourth-order valence-electron chi connectivity index (χ4n) is 5.96. The Bertz CT molecular complexity index is 378. The Morgan fingerprint density at radius 3 is 2.48 bits per heavy atom. The number of piperidine rings is 1. The molecule has 2 aliphatic rings. The van der Waals surface area contributed by atoms with E-state index in [2.05, 4.69) is 33.0 Å². The van der Waals surface area contributed by atoms with Crippen molar-refractivity contribution in [2.75, 3.05) is 13.1 Å². The smallest absolute Gasteiger partial charge is 0.0225 e. The lowest BCUT2D eigenvalue weighted by atomic mass is 9.58. The van der Waals surface area contributed by atoms with Gasteiger partial charge in [-0.15, -0.1) is 0 Å². The summed E-state index contributed by atoms with van der Waals surface area (Å²) in [6, 6.07) is 0.357. The summed E-state index contributed by atoms with van der Waals surface area (Å²) < 4.78 is 0. The zero-order valence-electron chi connectivity index (χ0n) is 17.7. The van der Waals surface area contributed by atoms with Crippen molar-refractivity contribution in [2.45, 2.75) is 111 Å². The minimum atomic E-state index is 0.357. The summed E-state index contributed by atoms with van der Waals surface area (Å²) in [7, 11) is 0. The zero-order valence-corrected chi connectivity index (χ0v) is 17.7. The van der Waals surface area contributed by atoms with E-state index in [4.69, 9.17) is 5.73 Å². The lowest BCUT2D eigenvalue weighted by Crippen LogP contribution is -2.57. The van der Waals surface area contributed by atoms with Crippen LogP contribution in [0.15, 0.2) is 0 Å². The van der Waals surface area contributed by atoms with Gasteiger partial charge in [0.05, 0.1) is 0 Å². The minimum Gasteiger partial charge on any atom is -0.326 e. The van der Waals surface area contributed by atoms with Crippen molar-refractivity contribution in [1.29, 1.82) is 0 Å². The van der Waals surface area contributed by atoms with Crippen molar-refractivity contribution in [3.05, 3.63) is 0 Å². The van der Waals surface area contributed by atoms with Crippen molar-refractivity contribution in [2.24, 2.45) is 28.4 Å². The molecule has 4 atom stereocenters. The van der Waals surface area contributed by atoms with Gasteiger partial charge >= 0.3 is 0 Å². The Morgan fingerprint density at radius 1 is 1.00 bits per heavy atom. The van der Waals surface area contributed by atoms with E-state index in [0.717, 1.165) is 18.4 Å². The number of hydrogen-bond donors (Lipinski definition) is 2. The molecular weight excluding hydrogens is 304 g/mol. The van der Waals surface area contributed by atoms with Gasteiger partial charge in [0.15, 0.2) is 0 Å². The molecule has 2 nitrogen and oxygen atoms in total. The van der Waals surface area contributed by atoms with E-state index in [1.165, 1.54) is 83.6 Å². The summed E-state index contributed by atoms with van der Waals surface area (Å²) in [4.78, 5) is 0. The Morgan fingerprint density at radius 2 is 1.76 bits per heavy atom. The largest absolute Gasteiger partial charge is 0.326 e. The SMILES string of the molecule is CCCCCCCC1(C2CCC(C)CC(C)(C)CC2)CCNCC1N. The van der Waals surface area contributed by atoms with Gasteiger partial charge in [0.2, 0.25) is 0 Å². The van der Waals surface area contributed by atoms with E-state index >= 15 is 0 Å². The fraction of sp³-hybridized carbons (Fsp3) is 1.00. The zero-order chi connectivity index (χ0) is 18.3. The molecule has 148 valence electrons. The molecule has 1 aliphatic carbocycles. The summed E-state index contributed by atoms with van der Waals surface area (Å²) in [5, 5.41) is 3.57. The number of hydrogen-bond acceptors (Lipinski definition) is 2. The first-order valence-corrected chi connectivity index (χ1v) is 11.4. The predicted octanol–water partition coefficient (Wildman–Crippen LogP) is 5.90. The standard InChI is InChI=1S/C23H46N2/c1-5-6-7-8-9-13-23(15-16-25-18-21(23)24)20-11-10-19(2)17-22(3,4)14-12-20/h19-21,25H,5-18,24H2,1-4H3. The summed E-state index contributed by atoms with van der Waals surface area (Å²) in [6.45, 7) is 12.0. The highest BCUT2D eigenvalue weighted by atomic mass is 14.9. The number of nitrogens with one attached hydrogen (secondary N) is 1. The first-order chi connectivity index (χ1) is 11.9. The van der Waals surface area contributed by atoms with Crippen LogP contribution in [0.25, 0.3) is 0 Å². The van der Waals surface area contributed by atoms with Crippen LogP contribution in [-0.4, -0.2) is 19.1 Å². The Balaban J connectivity index is 2.07. The van der Waals surface area contributed by atoms with E-state index in [1.807, 2.05) is 0 Å².